The Morgan fingerprint density at radius 2 is 1.59 bits per heavy atom. The second kappa shape index (κ2) is 5.52. The van der Waals surface area contributed by atoms with Crippen LogP contribution in [-0.4, -0.2) is 39.4 Å². The number of benzene rings is 1. The molecule has 17 heavy (non-hydrogen) atoms. The van der Waals surface area contributed by atoms with Crippen LogP contribution >= 0.6 is 0 Å². The molecule has 1 aliphatic rings. The molecular weight excluding hydrogens is 212 g/mol. The first-order valence-electron chi connectivity index (χ1n) is 6.27. The van der Waals surface area contributed by atoms with Crippen molar-refractivity contribution in [1.29, 1.82) is 0 Å². The average molecular weight is 234 g/mol. The third-order valence-corrected chi connectivity index (χ3v) is 3.56. The molecule has 3 heteroatoms. The van der Waals surface area contributed by atoms with E-state index in [9.17, 15) is 0 Å². The molecule has 1 aliphatic heterocycles. The third-order valence-electron chi connectivity index (χ3n) is 3.56. The molecule has 1 heterocycles. The van der Waals surface area contributed by atoms with Crippen LogP contribution in [0.25, 0.3) is 0 Å². The molecule has 0 atom stereocenters. The highest BCUT2D eigenvalue weighted by Crippen LogP contribution is 2.28. The molecule has 0 aliphatic carbocycles. The first-order chi connectivity index (χ1) is 8.18. The standard InChI is InChI=1S/C14H22N2O/c1-15(2)16(3)14-6-4-12(5-7-14)13-8-10-17-11-9-13/h4-7,13H,8-11H2,1-3H3. The van der Waals surface area contributed by atoms with Crippen molar-refractivity contribution in [3.8, 4) is 0 Å². The van der Waals surface area contributed by atoms with Crippen molar-refractivity contribution in [3.63, 3.8) is 0 Å². The quantitative estimate of drug-likeness (QED) is 0.747. The molecule has 2 rings (SSSR count). The summed E-state index contributed by atoms with van der Waals surface area (Å²) in [5.74, 6) is 0.683. The van der Waals surface area contributed by atoms with Crippen molar-refractivity contribution in [2.45, 2.75) is 18.8 Å². The van der Waals surface area contributed by atoms with Crippen molar-refractivity contribution in [1.82, 2.24) is 5.01 Å². The van der Waals surface area contributed by atoms with Gasteiger partial charge in [-0.05, 0) is 36.5 Å². The smallest absolute Gasteiger partial charge is 0.0518 e. The zero-order chi connectivity index (χ0) is 12.3. The molecule has 3 nitrogen and oxygen atoms in total. The summed E-state index contributed by atoms with van der Waals surface area (Å²) in [5, 5.41) is 4.21. The average Bonchev–Trinajstić information content (AvgIpc) is 2.39. The van der Waals surface area contributed by atoms with E-state index in [-0.39, 0.29) is 0 Å². The number of hydrogen-bond acceptors (Lipinski definition) is 3. The van der Waals surface area contributed by atoms with E-state index in [4.69, 9.17) is 4.74 Å². The Hall–Kier alpha value is -1.06. The minimum Gasteiger partial charge on any atom is -0.381 e. The molecule has 0 radical (unpaired) electrons. The zero-order valence-electron chi connectivity index (χ0n) is 11.0. The van der Waals surface area contributed by atoms with E-state index in [0.717, 1.165) is 26.1 Å². The van der Waals surface area contributed by atoms with Gasteiger partial charge in [0, 0.05) is 34.4 Å². The topological polar surface area (TPSA) is 15.7 Å². The van der Waals surface area contributed by atoms with Gasteiger partial charge in [-0.15, -0.1) is 0 Å². The number of nitrogens with zero attached hydrogens (tertiary/aromatic N) is 2. The molecule has 1 aromatic carbocycles. The van der Waals surface area contributed by atoms with Crippen molar-refractivity contribution in [2.24, 2.45) is 0 Å². The molecule has 0 bridgehead atoms. The van der Waals surface area contributed by atoms with E-state index in [1.807, 2.05) is 14.1 Å². The van der Waals surface area contributed by atoms with Crippen LogP contribution in [0.3, 0.4) is 0 Å². The summed E-state index contributed by atoms with van der Waals surface area (Å²) >= 11 is 0. The highest BCUT2D eigenvalue weighted by Gasteiger charge is 2.15. The number of anilines is 1. The maximum absolute atomic E-state index is 5.40. The fourth-order valence-corrected chi connectivity index (χ4v) is 2.22. The lowest BCUT2D eigenvalue weighted by atomic mass is 9.92. The Bertz CT molecular complexity index is 342. The number of ether oxygens (including phenoxy) is 1. The van der Waals surface area contributed by atoms with Gasteiger partial charge in [0.15, 0.2) is 0 Å². The molecule has 0 unspecified atom stereocenters. The van der Waals surface area contributed by atoms with Crippen LogP contribution in [0.1, 0.15) is 24.3 Å². The Labute approximate surface area is 104 Å². The number of hydrazine groups is 1. The van der Waals surface area contributed by atoms with Crippen LogP contribution in [-0.2, 0) is 4.74 Å². The molecule has 1 aromatic rings. The van der Waals surface area contributed by atoms with Crippen LogP contribution in [0.15, 0.2) is 24.3 Å². The van der Waals surface area contributed by atoms with Crippen LogP contribution in [0, 0.1) is 0 Å². The maximum Gasteiger partial charge on any atom is 0.0518 e. The highest BCUT2D eigenvalue weighted by molar-refractivity contribution is 5.46. The van der Waals surface area contributed by atoms with Gasteiger partial charge in [-0.25, -0.2) is 5.01 Å². The van der Waals surface area contributed by atoms with E-state index in [1.165, 1.54) is 11.3 Å². The minimum atomic E-state index is 0.683. The van der Waals surface area contributed by atoms with Crippen LogP contribution < -0.4 is 5.01 Å². The second-order valence-corrected chi connectivity index (χ2v) is 4.85. The highest BCUT2D eigenvalue weighted by atomic mass is 16.5. The summed E-state index contributed by atoms with van der Waals surface area (Å²) < 4.78 is 5.40. The van der Waals surface area contributed by atoms with E-state index >= 15 is 0 Å². The van der Waals surface area contributed by atoms with Gasteiger partial charge in [0.25, 0.3) is 0 Å². The third kappa shape index (κ3) is 2.99. The van der Waals surface area contributed by atoms with Crippen molar-refractivity contribution < 1.29 is 4.74 Å². The zero-order valence-corrected chi connectivity index (χ0v) is 11.0. The summed E-state index contributed by atoms with van der Waals surface area (Å²) in [4.78, 5) is 0. The predicted octanol–water partition coefficient (Wildman–Crippen LogP) is 2.49. The molecule has 1 saturated heterocycles. The number of hydrogen-bond donors (Lipinski definition) is 0. The first-order valence-corrected chi connectivity index (χ1v) is 6.27. The monoisotopic (exact) mass is 234 g/mol. The van der Waals surface area contributed by atoms with Crippen molar-refractivity contribution >= 4 is 5.69 Å². The van der Waals surface area contributed by atoms with Gasteiger partial charge in [0.05, 0.1) is 5.69 Å². The van der Waals surface area contributed by atoms with Gasteiger partial charge < -0.3 is 9.75 Å². The Morgan fingerprint density at radius 1 is 1.00 bits per heavy atom. The van der Waals surface area contributed by atoms with Gasteiger partial charge in [0.1, 0.15) is 0 Å². The summed E-state index contributed by atoms with van der Waals surface area (Å²) in [5.41, 5.74) is 2.68. The van der Waals surface area contributed by atoms with E-state index in [1.54, 1.807) is 0 Å². The maximum atomic E-state index is 5.40. The van der Waals surface area contributed by atoms with Crippen LogP contribution in [0.4, 0.5) is 5.69 Å². The van der Waals surface area contributed by atoms with Gasteiger partial charge in [-0.3, -0.25) is 0 Å². The minimum absolute atomic E-state index is 0.683. The lowest BCUT2D eigenvalue weighted by Crippen LogP contribution is -2.32. The van der Waals surface area contributed by atoms with Crippen LogP contribution in [0.5, 0.6) is 0 Å². The lowest BCUT2D eigenvalue weighted by molar-refractivity contribution is 0.0853. The predicted molar refractivity (Wildman–Crippen MR) is 71.3 cm³/mol. The second-order valence-electron chi connectivity index (χ2n) is 4.85. The van der Waals surface area contributed by atoms with Gasteiger partial charge in [-0.2, -0.15) is 0 Å². The summed E-state index contributed by atoms with van der Waals surface area (Å²) in [7, 11) is 6.17. The fourth-order valence-electron chi connectivity index (χ4n) is 2.22. The van der Waals surface area contributed by atoms with E-state index < -0.39 is 0 Å². The van der Waals surface area contributed by atoms with Gasteiger partial charge in [0.2, 0.25) is 0 Å². The Balaban J connectivity index is 2.06. The summed E-state index contributed by atoms with van der Waals surface area (Å²) in [6.45, 7) is 1.81. The van der Waals surface area contributed by atoms with E-state index in [0.29, 0.717) is 5.92 Å². The first kappa shape index (κ1) is 12.4. The summed E-state index contributed by atoms with van der Waals surface area (Å²) in [6.07, 6.45) is 2.31. The SMILES string of the molecule is CN(C)N(C)c1ccc(C2CCOCC2)cc1. The van der Waals surface area contributed by atoms with Gasteiger partial charge >= 0.3 is 0 Å². The molecule has 1 fully saturated rings. The van der Waals surface area contributed by atoms with Crippen molar-refractivity contribution in [2.75, 3.05) is 39.4 Å². The summed E-state index contributed by atoms with van der Waals surface area (Å²) in [6, 6.07) is 8.91. The van der Waals surface area contributed by atoms with Crippen molar-refractivity contribution in [3.05, 3.63) is 29.8 Å². The lowest BCUT2D eigenvalue weighted by Gasteiger charge is -2.27. The molecule has 0 spiro atoms. The molecule has 0 saturated carbocycles. The Morgan fingerprint density at radius 3 is 2.12 bits per heavy atom. The Kier molecular flexibility index (Phi) is 4.02. The normalized spacial score (nSPS) is 17.4. The largest absolute Gasteiger partial charge is 0.381 e. The molecule has 94 valence electrons. The number of rotatable bonds is 3. The molecule has 0 amide bonds. The molecular formula is C14H22N2O. The molecule has 0 N–H and O–H groups in total. The van der Waals surface area contributed by atoms with Crippen LogP contribution in [0.2, 0.25) is 0 Å². The van der Waals surface area contributed by atoms with E-state index in [2.05, 4.69) is 41.3 Å². The molecule has 0 aromatic heterocycles. The van der Waals surface area contributed by atoms with Gasteiger partial charge in [-0.1, -0.05) is 12.1 Å². The fraction of sp³-hybridized carbons (Fsp3) is 0.571.